The number of carbonyl (C=O) groups excluding carboxylic acids is 1. The minimum atomic E-state index is -0.841. The van der Waals surface area contributed by atoms with Gasteiger partial charge >= 0.3 is 5.97 Å². The Hall–Kier alpha value is -4.70. The molecule has 0 amide bonds. The van der Waals surface area contributed by atoms with Gasteiger partial charge in [-0.05, 0) is 54.5 Å². The molecule has 0 unspecified atom stereocenters. The van der Waals surface area contributed by atoms with E-state index in [0.717, 1.165) is 0 Å². The standard InChI is InChI=1S/C36H27Cl2FN2O5S/c1-3-45-35(43)30-31(22-9-5-4-6-10-22)40-36-41(32(30)23-13-15-25(37)16-14-23)34(42)29(47-36)19-21-17-26(38)33(28(18-21)44-2)46-20-24-11-7-8-12-27(24)39/h4-19,32H,3,20H2,1-2H3/b29-19-/t32-/m0/s1. The van der Waals surface area contributed by atoms with E-state index in [1.54, 1.807) is 67.6 Å². The van der Waals surface area contributed by atoms with Gasteiger partial charge in [-0.25, -0.2) is 14.2 Å². The number of halogens is 3. The van der Waals surface area contributed by atoms with Gasteiger partial charge in [0.15, 0.2) is 16.3 Å². The van der Waals surface area contributed by atoms with Crippen molar-refractivity contribution in [1.82, 2.24) is 4.57 Å². The van der Waals surface area contributed by atoms with Crippen LogP contribution in [0.4, 0.5) is 4.39 Å². The van der Waals surface area contributed by atoms with E-state index in [4.69, 9.17) is 42.4 Å². The second-order valence-electron chi connectivity index (χ2n) is 10.4. The van der Waals surface area contributed by atoms with Crippen molar-refractivity contribution in [2.45, 2.75) is 19.6 Å². The van der Waals surface area contributed by atoms with Crippen molar-refractivity contribution in [3.63, 3.8) is 0 Å². The number of rotatable bonds is 9. The molecule has 0 saturated heterocycles. The van der Waals surface area contributed by atoms with Crippen LogP contribution >= 0.6 is 34.5 Å². The van der Waals surface area contributed by atoms with Crippen molar-refractivity contribution in [3.8, 4) is 11.5 Å². The normalized spacial score (nSPS) is 14.4. The van der Waals surface area contributed by atoms with Gasteiger partial charge < -0.3 is 14.2 Å². The van der Waals surface area contributed by atoms with E-state index < -0.39 is 17.8 Å². The third-order valence-corrected chi connectivity index (χ3v) is 8.95. The van der Waals surface area contributed by atoms with Crippen LogP contribution in [0.25, 0.3) is 11.8 Å². The van der Waals surface area contributed by atoms with Gasteiger partial charge in [0, 0.05) is 16.1 Å². The van der Waals surface area contributed by atoms with E-state index in [0.29, 0.717) is 48.1 Å². The van der Waals surface area contributed by atoms with Crippen molar-refractivity contribution in [2.24, 2.45) is 4.99 Å². The summed E-state index contributed by atoms with van der Waals surface area (Å²) < 4.78 is 32.9. The van der Waals surface area contributed by atoms with E-state index in [2.05, 4.69) is 0 Å². The number of nitrogens with zero attached hydrogens (tertiary/aromatic N) is 2. The topological polar surface area (TPSA) is 79.1 Å². The molecule has 0 radical (unpaired) electrons. The molecule has 0 saturated carbocycles. The predicted octanol–water partition coefficient (Wildman–Crippen LogP) is 6.97. The quantitative estimate of drug-likeness (QED) is 0.156. The molecule has 2 heterocycles. The highest BCUT2D eigenvalue weighted by Crippen LogP contribution is 2.38. The molecule has 1 aliphatic rings. The van der Waals surface area contributed by atoms with E-state index >= 15 is 0 Å². The number of carbonyl (C=O) groups is 1. The van der Waals surface area contributed by atoms with Gasteiger partial charge in [0.05, 0.1) is 40.6 Å². The minimum absolute atomic E-state index is 0.0576. The summed E-state index contributed by atoms with van der Waals surface area (Å²) in [6.07, 6.45) is 1.67. The Bertz CT molecular complexity index is 2180. The highest BCUT2D eigenvalue weighted by molar-refractivity contribution is 7.07. The first kappa shape index (κ1) is 32.2. The number of thiazole rings is 1. The number of hydrogen-bond acceptors (Lipinski definition) is 7. The maximum atomic E-state index is 14.2. The van der Waals surface area contributed by atoms with E-state index in [1.807, 2.05) is 30.3 Å². The van der Waals surface area contributed by atoms with Crippen molar-refractivity contribution >= 4 is 52.3 Å². The van der Waals surface area contributed by atoms with E-state index in [9.17, 15) is 14.0 Å². The highest BCUT2D eigenvalue weighted by atomic mass is 35.5. The molecular weight excluding hydrogens is 662 g/mol. The summed E-state index contributed by atoms with van der Waals surface area (Å²) in [5, 5.41) is 0.730. The van der Waals surface area contributed by atoms with Crippen molar-refractivity contribution < 1.29 is 23.4 Å². The van der Waals surface area contributed by atoms with Crippen LogP contribution in [0.2, 0.25) is 10.0 Å². The first-order valence-corrected chi connectivity index (χ1v) is 16.1. The molecule has 1 aliphatic heterocycles. The predicted molar refractivity (Wildman–Crippen MR) is 181 cm³/mol. The number of ether oxygens (including phenoxy) is 3. The van der Waals surface area contributed by atoms with Crippen LogP contribution in [0, 0.1) is 5.82 Å². The van der Waals surface area contributed by atoms with Gasteiger partial charge in [0.25, 0.3) is 5.56 Å². The molecule has 0 bridgehead atoms. The Balaban J connectivity index is 1.49. The summed E-state index contributed by atoms with van der Waals surface area (Å²) >= 11 is 14.0. The van der Waals surface area contributed by atoms with Gasteiger partial charge in [-0.2, -0.15) is 0 Å². The van der Waals surface area contributed by atoms with Gasteiger partial charge in [-0.3, -0.25) is 9.36 Å². The summed E-state index contributed by atoms with van der Waals surface area (Å²) in [6, 6.07) is 25.0. The Labute approximate surface area is 283 Å². The summed E-state index contributed by atoms with van der Waals surface area (Å²) in [5.41, 5.74) is 2.58. The smallest absolute Gasteiger partial charge is 0.338 e. The fourth-order valence-corrected chi connectivity index (χ4v) is 6.68. The second-order valence-corrected chi connectivity index (χ2v) is 12.2. The lowest BCUT2D eigenvalue weighted by molar-refractivity contribution is -0.138. The lowest BCUT2D eigenvalue weighted by Gasteiger charge is -2.25. The number of hydrogen-bond donors (Lipinski definition) is 0. The maximum Gasteiger partial charge on any atom is 0.338 e. The number of benzene rings is 4. The zero-order valence-electron chi connectivity index (χ0n) is 25.2. The SMILES string of the molecule is CCOC(=O)C1=C(c2ccccc2)N=c2s/c(=C\c3cc(Cl)c(OCc4ccccc4F)c(OC)c3)c(=O)n2[C@H]1c1ccc(Cl)cc1. The minimum Gasteiger partial charge on any atom is -0.493 e. The Morgan fingerprint density at radius 1 is 1.02 bits per heavy atom. The summed E-state index contributed by atoms with van der Waals surface area (Å²) in [5.74, 6) is -0.423. The molecular formula is C36H27Cl2FN2O5S. The van der Waals surface area contributed by atoms with Crippen molar-refractivity contribution in [2.75, 3.05) is 13.7 Å². The molecule has 11 heteroatoms. The van der Waals surface area contributed by atoms with Crippen LogP contribution in [-0.2, 0) is 16.1 Å². The lowest BCUT2D eigenvalue weighted by Crippen LogP contribution is -2.40. The Morgan fingerprint density at radius 3 is 2.45 bits per heavy atom. The zero-order chi connectivity index (χ0) is 33.1. The third kappa shape index (κ3) is 6.60. The van der Waals surface area contributed by atoms with E-state index in [-0.39, 0.29) is 35.1 Å². The largest absolute Gasteiger partial charge is 0.493 e. The zero-order valence-corrected chi connectivity index (χ0v) is 27.5. The Morgan fingerprint density at radius 2 is 1.74 bits per heavy atom. The molecule has 6 rings (SSSR count). The monoisotopic (exact) mass is 688 g/mol. The molecule has 0 fully saturated rings. The van der Waals surface area contributed by atoms with Gasteiger partial charge in [0.2, 0.25) is 0 Å². The molecule has 238 valence electrons. The average molecular weight is 690 g/mol. The summed E-state index contributed by atoms with van der Waals surface area (Å²) in [6.45, 7) is 1.81. The van der Waals surface area contributed by atoms with Crippen LogP contribution in [0.1, 0.15) is 35.2 Å². The Kier molecular flexibility index (Phi) is 9.58. The van der Waals surface area contributed by atoms with Crippen LogP contribution in [0.5, 0.6) is 11.5 Å². The molecule has 4 aromatic carbocycles. The molecule has 5 aromatic rings. The molecule has 0 N–H and O–H groups in total. The van der Waals surface area contributed by atoms with Gasteiger partial charge in [-0.15, -0.1) is 0 Å². The highest BCUT2D eigenvalue weighted by Gasteiger charge is 2.35. The molecule has 0 spiro atoms. The molecule has 1 aromatic heterocycles. The third-order valence-electron chi connectivity index (χ3n) is 7.44. The van der Waals surface area contributed by atoms with E-state index in [1.165, 1.54) is 29.1 Å². The van der Waals surface area contributed by atoms with Crippen molar-refractivity contribution in [1.29, 1.82) is 0 Å². The first-order valence-electron chi connectivity index (χ1n) is 14.6. The lowest BCUT2D eigenvalue weighted by atomic mass is 9.93. The maximum absolute atomic E-state index is 14.2. The fourth-order valence-electron chi connectivity index (χ4n) is 5.28. The summed E-state index contributed by atoms with van der Waals surface area (Å²) in [4.78, 5) is 33.1. The summed E-state index contributed by atoms with van der Waals surface area (Å²) in [7, 11) is 1.47. The molecule has 1 atom stereocenters. The van der Waals surface area contributed by atoms with Crippen LogP contribution in [-0.4, -0.2) is 24.3 Å². The first-order chi connectivity index (χ1) is 22.8. The van der Waals surface area contributed by atoms with Crippen LogP contribution in [0.3, 0.4) is 0 Å². The molecule has 0 aliphatic carbocycles. The van der Waals surface area contributed by atoms with Gasteiger partial charge in [-0.1, -0.05) is 95.2 Å². The van der Waals surface area contributed by atoms with Crippen LogP contribution < -0.4 is 24.4 Å². The average Bonchev–Trinajstić information content (AvgIpc) is 3.38. The number of fused-ring (bicyclic) bond motifs is 1. The molecule has 47 heavy (non-hydrogen) atoms. The number of esters is 1. The van der Waals surface area contributed by atoms with Gasteiger partial charge in [0.1, 0.15) is 12.4 Å². The van der Waals surface area contributed by atoms with Crippen LogP contribution in [0.15, 0.2) is 106 Å². The number of aromatic nitrogens is 1. The fraction of sp³-hybridized carbons (Fsp3) is 0.139. The second kappa shape index (κ2) is 14.0. The number of methoxy groups -OCH3 is 1. The molecule has 7 nitrogen and oxygen atoms in total. The van der Waals surface area contributed by atoms with Crippen molar-refractivity contribution in [3.05, 3.63) is 154 Å².